The third kappa shape index (κ3) is 4.66. The van der Waals surface area contributed by atoms with Crippen LogP contribution in [0.5, 0.6) is 0 Å². The van der Waals surface area contributed by atoms with Crippen LogP contribution in [0.2, 0.25) is 0 Å². The molecule has 2 heterocycles. The molecule has 4 N–H and O–H groups in total. The van der Waals surface area contributed by atoms with E-state index in [4.69, 9.17) is 10.5 Å². The summed E-state index contributed by atoms with van der Waals surface area (Å²) in [6, 6.07) is 12.0. The zero-order valence-corrected chi connectivity index (χ0v) is 16.6. The van der Waals surface area contributed by atoms with Gasteiger partial charge >= 0.3 is 0 Å². The molecule has 0 atom stereocenters. The first-order chi connectivity index (χ1) is 14.2. The second-order valence-corrected chi connectivity index (χ2v) is 7.82. The van der Waals surface area contributed by atoms with Gasteiger partial charge in [0, 0.05) is 29.3 Å². The molecule has 1 aliphatic carbocycles. The summed E-state index contributed by atoms with van der Waals surface area (Å²) in [6.45, 7) is 1.62. The van der Waals surface area contributed by atoms with Gasteiger partial charge in [-0.2, -0.15) is 0 Å². The molecule has 152 valence electrons. The molecule has 1 fully saturated rings. The molecule has 3 aromatic rings. The molecular formula is C23H28N4O2. The Morgan fingerprint density at radius 3 is 2.69 bits per heavy atom. The topological polar surface area (TPSA) is 93.0 Å². The molecule has 6 nitrogen and oxygen atoms in total. The highest BCUT2D eigenvalue weighted by molar-refractivity contribution is 6.02. The number of ether oxygens (including phenoxy) is 1. The number of rotatable bonds is 7. The Morgan fingerprint density at radius 2 is 1.93 bits per heavy atom. The SMILES string of the molecule is NCC1CCC(C(=O)Nc2c(COCc3ccccc3)cnc3[nH]ccc23)CC1. The number of carbonyl (C=O) groups excluding carboxylic acids is 1. The van der Waals surface area contributed by atoms with Crippen LogP contribution in [0.25, 0.3) is 11.0 Å². The summed E-state index contributed by atoms with van der Waals surface area (Å²) >= 11 is 0. The fraction of sp³-hybridized carbons (Fsp3) is 0.391. The van der Waals surface area contributed by atoms with Crippen LogP contribution in [-0.2, 0) is 22.7 Å². The smallest absolute Gasteiger partial charge is 0.227 e. The molecule has 0 saturated heterocycles. The van der Waals surface area contributed by atoms with Gasteiger partial charge in [0.05, 0.1) is 18.9 Å². The number of amides is 1. The average Bonchev–Trinajstić information content (AvgIpc) is 3.25. The minimum Gasteiger partial charge on any atom is -0.372 e. The average molecular weight is 393 g/mol. The Hall–Kier alpha value is -2.70. The lowest BCUT2D eigenvalue weighted by Gasteiger charge is -2.27. The monoisotopic (exact) mass is 392 g/mol. The number of aromatic nitrogens is 2. The van der Waals surface area contributed by atoms with Crippen molar-refractivity contribution in [3.8, 4) is 0 Å². The number of nitrogens with zero attached hydrogens (tertiary/aromatic N) is 1. The number of carbonyl (C=O) groups is 1. The Balaban J connectivity index is 1.47. The van der Waals surface area contributed by atoms with E-state index in [1.807, 2.05) is 42.6 Å². The lowest BCUT2D eigenvalue weighted by atomic mass is 9.81. The summed E-state index contributed by atoms with van der Waals surface area (Å²) in [5, 5.41) is 4.09. The van der Waals surface area contributed by atoms with Crippen molar-refractivity contribution in [1.29, 1.82) is 0 Å². The summed E-state index contributed by atoms with van der Waals surface area (Å²) in [7, 11) is 0. The summed E-state index contributed by atoms with van der Waals surface area (Å²) in [4.78, 5) is 20.5. The maximum Gasteiger partial charge on any atom is 0.227 e. The van der Waals surface area contributed by atoms with Gasteiger partial charge in [0.15, 0.2) is 0 Å². The van der Waals surface area contributed by atoms with E-state index in [-0.39, 0.29) is 11.8 Å². The number of pyridine rings is 1. The van der Waals surface area contributed by atoms with E-state index in [1.165, 1.54) is 0 Å². The van der Waals surface area contributed by atoms with Gasteiger partial charge in [0.1, 0.15) is 5.65 Å². The molecule has 4 rings (SSSR count). The van der Waals surface area contributed by atoms with Crippen LogP contribution < -0.4 is 11.1 Å². The van der Waals surface area contributed by atoms with Crippen LogP contribution in [-0.4, -0.2) is 22.4 Å². The largest absolute Gasteiger partial charge is 0.372 e. The molecule has 0 unspecified atom stereocenters. The van der Waals surface area contributed by atoms with E-state index in [1.54, 1.807) is 6.20 Å². The first-order valence-electron chi connectivity index (χ1n) is 10.3. The Labute approximate surface area is 170 Å². The maximum absolute atomic E-state index is 13.0. The third-order valence-electron chi connectivity index (χ3n) is 5.83. The predicted molar refractivity (Wildman–Crippen MR) is 114 cm³/mol. The molecular weight excluding hydrogens is 364 g/mol. The van der Waals surface area contributed by atoms with E-state index in [0.29, 0.717) is 25.7 Å². The minimum absolute atomic E-state index is 0.0399. The quantitative estimate of drug-likeness (QED) is 0.567. The van der Waals surface area contributed by atoms with Gasteiger partial charge in [0.2, 0.25) is 5.91 Å². The molecule has 1 aliphatic rings. The number of hydrogen-bond acceptors (Lipinski definition) is 4. The molecule has 6 heteroatoms. The number of aromatic amines is 1. The number of nitrogens with two attached hydrogens (primary N) is 1. The number of anilines is 1. The van der Waals surface area contributed by atoms with Crippen molar-refractivity contribution in [2.24, 2.45) is 17.6 Å². The highest BCUT2D eigenvalue weighted by atomic mass is 16.5. The molecule has 1 saturated carbocycles. The van der Waals surface area contributed by atoms with Crippen LogP contribution in [0, 0.1) is 11.8 Å². The highest BCUT2D eigenvalue weighted by Gasteiger charge is 2.26. The zero-order valence-electron chi connectivity index (χ0n) is 16.6. The Kier molecular flexibility index (Phi) is 6.22. The van der Waals surface area contributed by atoms with Gasteiger partial charge in [-0.25, -0.2) is 4.98 Å². The summed E-state index contributed by atoms with van der Waals surface area (Å²) in [6.07, 6.45) is 7.47. The summed E-state index contributed by atoms with van der Waals surface area (Å²) in [5.74, 6) is 0.676. The summed E-state index contributed by atoms with van der Waals surface area (Å²) < 4.78 is 5.91. The second kappa shape index (κ2) is 9.20. The normalized spacial score (nSPS) is 19.3. The van der Waals surface area contributed by atoms with Crippen molar-refractivity contribution in [2.75, 3.05) is 11.9 Å². The van der Waals surface area contributed by atoms with E-state index in [0.717, 1.165) is 53.5 Å². The molecule has 1 amide bonds. The van der Waals surface area contributed by atoms with Crippen LogP contribution >= 0.6 is 0 Å². The van der Waals surface area contributed by atoms with Crippen molar-refractivity contribution in [3.05, 3.63) is 59.9 Å². The molecule has 0 aliphatic heterocycles. The van der Waals surface area contributed by atoms with Gasteiger partial charge in [-0.15, -0.1) is 0 Å². The first-order valence-corrected chi connectivity index (χ1v) is 10.3. The molecule has 0 bridgehead atoms. The van der Waals surface area contributed by atoms with Crippen LogP contribution in [0.1, 0.15) is 36.8 Å². The third-order valence-corrected chi connectivity index (χ3v) is 5.83. The van der Waals surface area contributed by atoms with Gasteiger partial charge in [-0.05, 0) is 49.8 Å². The van der Waals surface area contributed by atoms with Crippen molar-refractivity contribution < 1.29 is 9.53 Å². The van der Waals surface area contributed by atoms with Crippen LogP contribution in [0.4, 0.5) is 5.69 Å². The fourth-order valence-electron chi connectivity index (χ4n) is 4.04. The van der Waals surface area contributed by atoms with Gasteiger partial charge in [-0.1, -0.05) is 30.3 Å². The lowest BCUT2D eigenvalue weighted by Crippen LogP contribution is -2.29. The van der Waals surface area contributed by atoms with Gasteiger partial charge < -0.3 is 20.8 Å². The number of nitrogens with one attached hydrogen (secondary N) is 2. The Bertz CT molecular complexity index is 946. The highest BCUT2D eigenvalue weighted by Crippen LogP contribution is 2.31. The first kappa shape index (κ1) is 19.6. The molecule has 29 heavy (non-hydrogen) atoms. The maximum atomic E-state index is 13.0. The molecule has 0 spiro atoms. The number of fused-ring (bicyclic) bond motifs is 1. The second-order valence-electron chi connectivity index (χ2n) is 7.82. The Morgan fingerprint density at radius 1 is 1.14 bits per heavy atom. The van der Waals surface area contributed by atoms with Crippen molar-refractivity contribution in [2.45, 2.75) is 38.9 Å². The van der Waals surface area contributed by atoms with Crippen molar-refractivity contribution in [1.82, 2.24) is 9.97 Å². The molecule has 0 radical (unpaired) electrons. The van der Waals surface area contributed by atoms with E-state index in [2.05, 4.69) is 15.3 Å². The van der Waals surface area contributed by atoms with E-state index in [9.17, 15) is 4.79 Å². The van der Waals surface area contributed by atoms with Gasteiger partial charge in [-0.3, -0.25) is 4.79 Å². The minimum atomic E-state index is 0.0399. The van der Waals surface area contributed by atoms with Crippen LogP contribution in [0.15, 0.2) is 48.8 Å². The van der Waals surface area contributed by atoms with Crippen LogP contribution in [0.3, 0.4) is 0 Å². The fourth-order valence-corrected chi connectivity index (χ4v) is 4.04. The molecule has 2 aromatic heterocycles. The van der Waals surface area contributed by atoms with E-state index < -0.39 is 0 Å². The number of H-pyrrole nitrogens is 1. The van der Waals surface area contributed by atoms with Gasteiger partial charge in [0.25, 0.3) is 0 Å². The number of benzene rings is 1. The predicted octanol–water partition coefficient (Wildman–Crippen LogP) is 3.98. The standard InChI is InChI=1S/C23H28N4O2/c24-12-16-6-8-18(9-7-16)23(28)27-21-19(13-26-22-20(21)10-11-25-22)15-29-14-17-4-2-1-3-5-17/h1-5,10-11,13,16,18H,6-9,12,14-15,24H2,(H2,25,26,27,28). The number of hydrogen-bond donors (Lipinski definition) is 3. The molecule has 1 aromatic carbocycles. The zero-order chi connectivity index (χ0) is 20.1. The lowest BCUT2D eigenvalue weighted by molar-refractivity contribution is -0.121. The van der Waals surface area contributed by atoms with E-state index >= 15 is 0 Å². The van der Waals surface area contributed by atoms with Crippen molar-refractivity contribution >= 4 is 22.6 Å². The van der Waals surface area contributed by atoms with Crippen molar-refractivity contribution in [3.63, 3.8) is 0 Å². The summed E-state index contributed by atoms with van der Waals surface area (Å²) in [5.41, 5.74) is 9.35.